The molecule has 0 aliphatic rings. The fraction of sp³-hybridized carbons (Fsp3) is 0.231. The van der Waals surface area contributed by atoms with E-state index in [-0.39, 0.29) is 5.69 Å². The molecule has 0 fully saturated rings. The molecule has 0 N–H and O–H groups in total. The molecule has 19 heavy (non-hydrogen) atoms. The second kappa shape index (κ2) is 4.64. The van der Waals surface area contributed by atoms with Gasteiger partial charge in [-0.3, -0.25) is 19.3 Å². The van der Waals surface area contributed by atoms with Crippen molar-refractivity contribution in [2.24, 2.45) is 0 Å². The van der Waals surface area contributed by atoms with Crippen molar-refractivity contribution in [1.29, 1.82) is 0 Å². The van der Waals surface area contributed by atoms with Crippen LogP contribution in [-0.2, 0) is 0 Å². The summed E-state index contributed by atoms with van der Waals surface area (Å²) in [6, 6.07) is 3.42. The standard InChI is InChI=1S/C13H13N3O3/c1-8(2)6-10-12(16(18)19)13(17)15-5-4-9(3)7-11(15)14-10/h4-7H,1-3H3. The van der Waals surface area contributed by atoms with Gasteiger partial charge in [0.05, 0.1) is 4.92 Å². The number of pyridine rings is 1. The molecule has 0 radical (unpaired) electrons. The fourth-order valence-corrected chi connectivity index (χ4v) is 1.79. The first-order valence-corrected chi connectivity index (χ1v) is 5.72. The zero-order valence-corrected chi connectivity index (χ0v) is 10.9. The van der Waals surface area contributed by atoms with Crippen LogP contribution in [0, 0.1) is 17.0 Å². The van der Waals surface area contributed by atoms with Gasteiger partial charge in [-0.25, -0.2) is 4.98 Å². The molecule has 2 heterocycles. The van der Waals surface area contributed by atoms with Gasteiger partial charge in [-0.2, -0.15) is 0 Å². The Hall–Kier alpha value is -2.50. The van der Waals surface area contributed by atoms with Gasteiger partial charge in [0.2, 0.25) is 0 Å². The van der Waals surface area contributed by atoms with Gasteiger partial charge < -0.3 is 0 Å². The lowest BCUT2D eigenvalue weighted by Gasteiger charge is -2.04. The third-order valence-electron chi connectivity index (χ3n) is 2.60. The van der Waals surface area contributed by atoms with Gasteiger partial charge in [0.1, 0.15) is 11.3 Å². The monoisotopic (exact) mass is 259 g/mol. The van der Waals surface area contributed by atoms with Crippen LogP contribution in [0.1, 0.15) is 25.1 Å². The molecular weight excluding hydrogens is 246 g/mol. The van der Waals surface area contributed by atoms with E-state index >= 15 is 0 Å². The summed E-state index contributed by atoms with van der Waals surface area (Å²) < 4.78 is 1.19. The predicted octanol–water partition coefficient (Wildman–Crippen LogP) is 2.33. The van der Waals surface area contributed by atoms with Crippen molar-refractivity contribution in [1.82, 2.24) is 9.38 Å². The smallest absolute Gasteiger partial charge is 0.262 e. The lowest BCUT2D eigenvalue weighted by Crippen LogP contribution is -2.20. The largest absolute Gasteiger partial charge is 0.359 e. The summed E-state index contributed by atoms with van der Waals surface area (Å²) in [4.78, 5) is 26.7. The summed E-state index contributed by atoms with van der Waals surface area (Å²) in [5, 5.41) is 11.1. The zero-order chi connectivity index (χ0) is 14.2. The molecule has 0 amide bonds. The molecule has 0 atom stereocenters. The number of hydrogen-bond acceptors (Lipinski definition) is 4. The van der Waals surface area contributed by atoms with Crippen molar-refractivity contribution in [3.05, 3.63) is 55.6 Å². The van der Waals surface area contributed by atoms with Crippen LogP contribution in [0.4, 0.5) is 5.69 Å². The first kappa shape index (κ1) is 12.9. The lowest BCUT2D eigenvalue weighted by atomic mass is 10.2. The van der Waals surface area contributed by atoms with Gasteiger partial charge >= 0.3 is 11.2 Å². The third-order valence-corrected chi connectivity index (χ3v) is 2.60. The van der Waals surface area contributed by atoms with E-state index in [0.29, 0.717) is 5.65 Å². The molecule has 6 heteroatoms. The van der Waals surface area contributed by atoms with Gasteiger partial charge in [-0.05, 0) is 44.5 Å². The summed E-state index contributed by atoms with van der Waals surface area (Å²) in [6.07, 6.45) is 3.04. The topological polar surface area (TPSA) is 77.5 Å². The molecule has 2 rings (SSSR count). The Kier molecular flexibility index (Phi) is 3.16. The van der Waals surface area contributed by atoms with Crippen molar-refractivity contribution >= 4 is 17.4 Å². The van der Waals surface area contributed by atoms with E-state index in [2.05, 4.69) is 4.98 Å². The number of fused-ring (bicyclic) bond motifs is 1. The maximum atomic E-state index is 12.1. The van der Waals surface area contributed by atoms with Gasteiger partial charge in [-0.1, -0.05) is 5.57 Å². The van der Waals surface area contributed by atoms with Crippen LogP contribution in [0.5, 0.6) is 0 Å². The molecule has 0 spiro atoms. The Morgan fingerprint density at radius 2 is 2.16 bits per heavy atom. The minimum absolute atomic E-state index is 0.0978. The average Bonchev–Trinajstić information content (AvgIpc) is 2.26. The minimum Gasteiger partial charge on any atom is -0.262 e. The Balaban J connectivity index is 2.94. The molecule has 6 nitrogen and oxygen atoms in total. The normalized spacial score (nSPS) is 10.5. The second-order valence-corrected chi connectivity index (χ2v) is 4.56. The highest BCUT2D eigenvalue weighted by atomic mass is 16.6. The van der Waals surface area contributed by atoms with E-state index in [1.165, 1.54) is 10.6 Å². The first-order chi connectivity index (χ1) is 8.90. The quantitative estimate of drug-likeness (QED) is 0.612. The number of aromatic nitrogens is 2. The van der Waals surface area contributed by atoms with Crippen molar-refractivity contribution < 1.29 is 4.92 Å². The Labute approximate surface area is 109 Å². The van der Waals surface area contributed by atoms with Crippen LogP contribution in [0.3, 0.4) is 0 Å². The summed E-state index contributed by atoms with van der Waals surface area (Å²) in [7, 11) is 0. The third kappa shape index (κ3) is 2.37. The van der Waals surface area contributed by atoms with Gasteiger partial charge in [-0.15, -0.1) is 0 Å². The molecule has 98 valence electrons. The maximum Gasteiger partial charge on any atom is 0.359 e. The van der Waals surface area contributed by atoms with Crippen molar-refractivity contribution in [3.8, 4) is 0 Å². The summed E-state index contributed by atoms with van der Waals surface area (Å²) in [5.41, 5.74) is 1.12. The van der Waals surface area contributed by atoms with Crippen molar-refractivity contribution in [3.63, 3.8) is 0 Å². The van der Waals surface area contributed by atoms with Crippen LogP contribution in [0.25, 0.3) is 11.7 Å². The van der Waals surface area contributed by atoms with Crippen LogP contribution in [0.15, 0.2) is 28.7 Å². The molecule has 0 aliphatic heterocycles. The molecular formula is C13H13N3O3. The molecule has 0 aliphatic carbocycles. The molecule has 0 saturated heterocycles. The number of nitro groups is 1. The molecule has 0 aromatic carbocycles. The second-order valence-electron chi connectivity index (χ2n) is 4.56. The molecule has 0 bridgehead atoms. The highest BCUT2D eigenvalue weighted by molar-refractivity contribution is 5.61. The predicted molar refractivity (Wildman–Crippen MR) is 72.2 cm³/mol. The number of allylic oxidation sites excluding steroid dienone is 1. The van der Waals surface area contributed by atoms with Gasteiger partial charge in [0, 0.05) is 6.20 Å². The highest BCUT2D eigenvalue weighted by Gasteiger charge is 2.21. The van der Waals surface area contributed by atoms with Crippen LogP contribution < -0.4 is 5.56 Å². The Bertz CT molecular complexity index is 756. The van der Waals surface area contributed by atoms with E-state index in [4.69, 9.17) is 0 Å². The zero-order valence-electron chi connectivity index (χ0n) is 10.9. The van der Waals surface area contributed by atoms with E-state index < -0.39 is 16.2 Å². The van der Waals surface area contributed by atoms with Gasteiger partial charge in [0.15, 0.2) is 0 Å². The van der Waals surface area contributed by atoms with Crippen molar-refractivity contribution in [2.45, 2.75) is 20.8 Å². The Morgan fingerprint density at radius 1 is 1.47 bits per heavy atom. The van der Waals surface area contributed by atoms with Crippen LogP contribution in [-0.4, -0.2) is 14.3 Å². The number of rotatable bonds is 2. The number of aryl methyl sites for hydroxylation is 1. The molecule has 2 aromatic rings. The summed E-state index contributed by atoms with van der Waals surface area (Å²) in [5.74, 6) is 0. The SMILES string of the molecule is CC(C)=Cc1nc2cc(C)ccn2c(=O)c1[N+](=O)[O-]. The van der Waals surface area contributed by atoms with Gasteiger partial charge in [0.25, 0.3) is 0 Å². The maximum absolute atomic E-state index is 12.1. The number of hydrogen-bond donors (Lipinski definition) is 0. The van der Waals surface area contributed by atoms with E-state index in [1.807, 2.05) is 6.92 Å². The summed E-state index contributed by atoms with van der Waals surface area (Å²) >= 11 is 0. The first-order valence-electron chi connectivity index (χ1n) is 5.72. The number of nitrogens with zero attached hydrogens (tertiary/aromatic N) is 3. The van der Waals surface area contributed by atoms with E-state index in [0.717, 1.165) is 11.1 Å². The summed E-state index contributed by atoms with van der Waals surface area (Å²) in [6.45, 7) is 5.46. The molecule has 0 unspecified atom stereocenters. The minimum atomic E-state index is -0.684. The molecule has 2 aromatic heterocycles. The lowest BCUT2D eigenvalue weighted by molar-refractivity contribution is -0.386. The van der Waals surface area contributed by atoms with E-state index in [1.54, 1.807) is 32.1 Å². The average molecular weight is 259 g/mol. The Morgan fingerprint density at radius 3 is 2.74 bits per heavy atom. The van der Waals surface area contributed by atoms with Crippen LogP contribution >= 0.6 is 0 Å². The van der Waals surface area contributed by atoms with Crippen molar-refractivity contribution in [2.75, 3.05) is 0 Å². The van der Waals surface area contributed by atoms with Crippen LogP contribution in [0.2, 0.25) is 0 Å². The highest BCUT2D eigenvalue weighted by Crippen LogP contribution is 2.16. The molecule has 0 saturated carbocycles. The fourth-order valence-electron chi connectivity index (χ4n) is 1.79. The van der Waals surface area contributed by atoms with E-state index in [9.17, 15) is 14.9 Å².